The number of rotatable bonds is 4. The summed E-state index contributed by atoms with van der Waals surface area (Å²) in [5, 5.41) is 18.9. The van der Waals surface area contributed by atoms with Crippen LogP contribution in [0.3, 0.4) is 0 Å². The van der Waals surface area contributed by atoms with Gasteiger partial charge in [0.25, 0.3) is 0 Å². The minimum Gasteiger partial charge on any atom is -0.481 e. The first-order valence-corrected chi connectivity index (χ1v) is 6.81. The molecule has 1 aliphatic rings. The Kier molecular flexibility index (Phi) is 4.52. The van der Waals surface area contributed by atoms with Crippen molar-refractivity contribution < 1.29 is 14.7 Å². The Morgan fingerprint density at radius 3 is 2.75 bits per heavy atom. The SMILES string of the molecule is C/C(=N/N=C1NC(=O)C(CC(=O)O)S1)c1ccccc1. The number of carbonyl (C=O) groups is 2. The second-order valence-corrected chi connectivity index (χ2v) is 5.34. The molecular weight excluding hydrogens is 278 g/mol. The summed E-state index contributed by atoms with van der Waals surface area (Å²) in [5.41, 5.74) is 1.66. The highest BCUT2D eigenvalue weighted by Crippen LogP contribution is 2.22. The molecule has 1 aromatic rings. The summed E-state index contributed by atoms with van der Waals surface area (Å²) < 4.78 is 0. The van der Waals surface area contributed by atoms with Gasteiger partial charge in [0.2, 0.25) is 5.91 Å². The molecule has 1 atom stereocenters. The zero-order valence-corrected chi connectivity index (χ0v) is 11.6. The van der Waals surface area contributed by atoms with Crippen molar-refractivity contribution in [2.75, 3.05) is 0 Å². The van der Waals surface area contributed by atoms with Crippen molar-refractivity contribution in [3.8, 4) is 0 Å². The van der Waals surface area contributed by atoms with Gasteiger partial charge in [-0.25, -0.2) is 0 Å². The van der Waals surface area contributed by atoms with Crippen LogP contribution in [0.1, 0.15) is 18.9 Å². The second kappa shape index (κ2) is 6.33. The van der Waals surface area contributed by atoms with E-state index in [0.717, 1.165) is 23.0 Å². The molecule has 1 aromatic carbocycles. The number of aliphatic carboxylic acids is 1. The lowest BCUT2D eigenvalue weighted by Gasteiger charge is -1.98. The van der Waals surface area contributed by atoms with E-state index in [2.05, 4.69) is 15.5 Å². The third kappa shape index (κ3) is 3.67. The van der Waals surface area contributed by atoms with Crippen molar-refractivity contribution in [2.45, 2.75) is 18.6 Å². The number of thioether (sulfide) groups is 1. The molecule has 0 aromatic heterocycles. The number of nitrogens with one attached hydrogen (secondary N) is 1. The van der Waals surface area contributed by atoms with Gasteiger partial charge in [-0.1, -0.05) is 42.1 Å². The summed E-state index contributed by atoms with van der Waals surface area (Å²) in [6.45, 7) is 1.82. The Morgan fingerprint density at radius 2 is 2.10 bits per heavy atom. The predicted molar refractivity (Wildman–Crippen MR) is 77.9 cm³/mol. The molecule has 1 amide bonds. The summed E-state index contributed by atoms with van der Waals surface area (Å²) in [7, 11) is 0. The first-order chi connectivity index (χ1) is 9.56. The van der Waals surface area contributed by atoms with Gasteiger partial charge in [-0.3, -0.25) is 9.59 Å². The van der Waals surface area contributed by atoms with Crippen molar-refractivity contribution in [1.82, 2.24) is 5.32 Å². The summed E-state index contributed by atoms with van der Waals surface area (Å²) in [5.74, 6) is -1.36. The molecule has 2 N–H and O–H groups in total. The number of amides is 1. The highest BCUT2D eigenvalue weighted by atomic mass is 32.2. The largest absolute Gasteiger partial charge is 0.481 e. The molecule has 0 aliphatic carbocycles. The number of nitrogens with zero attached hydrogens (tertiary/aromatic N) is 2. The zero-order chi connectivity index (χ0) is 14.5. The molecule has 1 fully saturated rings. The fourth-order valence-corrected chi connectivity index (χ4v) is 2.51. The standard InChI is InChI=1S/C13H13N3O3S/c1-8(9-5-3-2-4-6-9)15-16-13-14-12(19)10(20-13)7-11(17)18/h2-6,10H,7H2,1H3,(H,17,18)(H,14,16,19)/b15-8-. The molecule has 1 heterocycles. The number of carboxylic acids is 1. The molecule has 7 heteroatoms. The summed E-state index contributed by atoms with van der Waals surface area (Å²) in [4.78, 5) is 22.1. The van der Waals surface area contributed by atoms with Crippen LogP contribution in [0.15, 0.2) is 40.5 Å². The zero-order valence-electron chi connectivity index (χ0n) is 10.7. The van der Waals surface area contributed by atoms with Gasteiger partial charge in [-0.05, 0) is 12.5 Å². The molecule has 1 aliphatic heterocycles. The number of carbonyl (C=O) groups excluding carboxylic acids is 1. The fourth-order valence-electron chi connectivity index (χ4n) is 1.60. The van der Waals surface area contributed by atoms with E-state index in [9.17, 15) is 9.59 Å². The van der Waals surface area contributed by atoms with Crippen LogP contribution in [0, 0.1) is 0 Å². The molecule has 2 rings (SSSR count). The molecule has 0 saturated carbocycles. The smallest absolute Gasteiger partial charge is 0.305 e. The number of hydrogen-bond acceptors (Lipinski definition) is 5. The van der Waals surface area contributed by atoms with E-state index in [-0.39, 0.29) is 12.3 Å². The normalized spacial score (nSPS) is 21.1. The van der Waals surface area contributed by atoms with Crippen LogP contribution in [0.25, 0.3) is 0 Å². The number of carboxylic acid groups (broad SMARTS) is 1. The topological polar surface area (TPSA) is 91.1 Å². The van der Waals surface area contributed by atoms with Gasteiger partial charge >= 0.3 is 5.97 Å². The monoisotopic (exact) mass is 291 g/mol. The Bertz CT molecular complexity index is 584. The van der Waals surface area contributed by atoms with E-state index < -0.39 is 11.2 Å². The number of benzene rings is 1. The summed E-state index contributed by atoms with van der Waals surface area (Å²) >= 11 is 1.09. The van der Waals surface area contributed by atoms with Gasteiger partial charge in [0.15, 0.2) is 5.17 Å². The van der Waals surface area contributed by atoms with Gasteiger partial charge in [0.1, 0.15) is 5.25 Å². The first kappa shape index (κ1) is 14.3. The fraction of sp³-hybridized carbons (Fsp3) is 0.231. The van der Waals surface area contributed by atoms with Gasteiger partial charge < -0.3 is 10.4 Å². The van der Waals surface area contributed by atoms with Crippen molar-refractivity contribution in [1.29, 1.82) is 0 Å². The lowest BCUT2D eigenvalue weighted by atomic mass is 10.1. The highest BCUT2D eigenvalue weighted by Gasteiger charge is 2.32. The second-order valence-electron chi connectivity index (χ2n) is 4.15. The summed E-state index contributed by atoms with van der Waals surface area (Å²) in [6.07, 6.45) is -0.225. The molecular formula is C13H13N3O3S. The molecule has 6 nitrogen and oxygen atoms in total. The van der Waals surface area contributed by atoms with Crippen molar-refractivity contribution >= 4 is 34.5 Å². The van der Waals surface area contributed by atoms with Crippen LogP contribution in [0.4, 0.5) is 0 Å². The Hall–Kier alpha value is -2.15. The lowest BCUT2D eigenvalue weighted by Crippen LogP contribution is -2.26. The molecule has 0 radical (unpaired) electrons. The van der Waals surface area contributed by atoms with E-state index in [1.54, 1.807) is 0 Å². The minimum absolute atomic E-state index is 0.225. The van der Waals surface area contributed by atoms with E-state index in [1.807, 2.05) is 37.3 Å². The molecule has 20 heavy (non-hydrogen) atoms. The number of hydrogen-bond donors (Lipinski definition) is 2. The third-order valence-corrected chi connectivity index (χ3v) is 3.69. The van der Waals surface area contributed by atoms with E-state index in [0.29, 0.717) is 5.17 Å². The minimum atomic E-state index is -1.01. The van der Waals surface area contributed by atoms with Gasteiger partial charge in [0.05, 0.1) is 12.1 Å². The third-order valence-electron chi connectivity index (χ3n) is 2.62. The van der Waals surface area contributed by atoms with Crippen LogP contribution in [-0.2, 0) is 9.59 Å². The molecule has 1 saturated heterocycles. The highest BCUT2D eigenvalue weighted by molar-refractivity contribution is 8.15. The van der Waals surface area contributed by atoms with Crippen molar-refractivity contribution in [3.05, 3.63) is 35.9 Å². The average Bonchev–Trinajstić information content (AvgIpc) is 2.77. The van der Waals surface area contributed by atoms with E-state index in [1.165, 1.54) is 0 Å². The Morgan fingerprint density at radius 1 is 1.40 bits per heavy atom. The Balaban J connectivity index is 2.06. The van der Waals surface area contributed by atoms with Gasteiger partial charge in [-0.2, -0.15) is 5.10 Å². The van der Waals surface area contributed by atoms with E-state index in [4.69, 9.17) is 5.11 Å². The Labute approximate surface area is 120 Å². The van der Waals surface area contributed by atoms with E-state index >= 15 is 0 Å². The van der Waals surface area contributed by atoms with Crippen LogP contribution < -0.4 is 5.32 Å². The van der Waals surface area contributed by atoms with Crippen molar-refractivity contribution in [2.24, 2.45) is 10.2 Å². The summed E-state index contributed by atoms with van der Waals surface area (Å²) in [6, 6.07) is 9.53. The maximum atomic E-state index is 11.5. The van der Waals surface area contributed by atoms with Crippen LogP contribution in [-0.4, -0.2) is 33.1 Å². The average molecular weight is 291 g/mol. The molecule has 1 unspecified atom stereocenters. The van der Waals surface area contributed by atoms with Crippen LogP contribution in [0.5, 0.6) is 0 Å². The maximum absolute atomic E-state index is 11.5. The molecule has 104 valence electrons. The first-order valence-electron chi connectivity index (χ1n) is 5.93. The molecule has 0 bridgehead atoms. The predicted octanol–water partition coefficient (Wildman–Crippen LogP) is 1.47. The molecule has 0 spiro atoms. The van der Waals surface area contributed by atoms with Crippen LogP contribution >= 0.6 is 11.8 Å². The van der Waals surface area contributed by atoms with Gasteiger partial charge in [-0.15, -0.1) is 5.10 Å². The quantitative estimate of drug-likeness (QED) is 0.649. The lowest BCUT2D eigenvalue weighted by molar-refractivity contribution is -0.138. The van der Waals surface area contributed by atoms with Crippen molar-refractivity contribution in [3.63, 3.8) is 0 Å². The van der Waals surface area contributed by atoms with Crippen LogP contribution in [0.2, 0.25) is 0 Å². The number of amidine groups is 1. The maximum Gasteiger partial charge on any atom is 0.305 e. The van der Waals surface area contributed by atoms with Gasteiger partial charge in [0, 0.05) is 0 Å².